The first-order valence-corrected chi connectivity index (χ1v) is 7.81. The van der Waals surface area contributed by atoms with Gasteiger partial charge in [-0.05, 0) is 17.7 Å². The van der Waals surface area contributed by atoms with Crippen LogP contribution in [0.25, 0.3) is 11.1 Å². The molecule has 0 unspecified atom stereocenters. The van der Waals surface area contributed by atoms with E-state index in [4.69, 9.17) is 4.18 Å². The molecule has 3 rings (SSSR count). The van der Waals surface area contributed by atoms with Crippen LogP contribution in [-0.2, 0) is 16.8 Å². The molecule has 0 saturated heterocycles. The van der Waals surface area contributed by atoms with Crippen molar-refractivity contribution >= 4 is 10.3 Å². The SMILES string of the molecule is O=S1(=O)NCc2cccc(-c3ccc(OC(F)(F)F)cc3)c2O1. The third kappa shape index (κ3) is 3.57. The summed E-state index contributed by atoms with van der Waals surface area (Å²) in [5.74, 6) is -0.197. The van der Waals surface area contributed by atoms with Crippen LogP contribution in [0.2, 0.25) is 0 Å². The van der Waals surface area contributed by atoms with Gasteiger partial charge in [-0.1, -0.05) is 30.3 Å². The fourth-order valence-corrected chi connectivity index (χ4v) is 3.00. The van der Waals surface area contributed by atoms with Gasteiger partial charge < -0.3 is 8.92 Å². The van der Waals surface area contributed by atoms with Crippen molar-refractivity contribution in [3.05, 3.63) is 48.0 Å². The molecule has 5 nitrogen and oxygen atoms in total. The molecule has 1 heterocycles. The van der Waals surface area contributed by atoms with E-state index in [1.54, 1.807) is 18.2 Å². The van der Waals surface area contributed by atoms with Gasteiger partial charge in [0.25, 0.3) is 0 Å². The van der Waals surface area contributed by atoms with Crippen LogP contribution in [0.4, 0.5) is 13.2 Å². The molecule has 1 aliphatic heterocycles. The Labute approximate surface area is 129 Å². The molecule has 0 fully saturated rings. The zero-order valence-electron chi connectivity index (χ0n) is 11.4. The summed E-state index contributed by atoms with van der Waals surface area (Å²) in [5, 5.41) is 0. The van der Waals surface area contributed by atoms with Crippen molar-refractivity contribution < 1.29 is 30.5 Å². The molecule has 0 amide bonds. The molecule has 122 valence electrons. The van der Waals surface area contributed by atoms with Crippen LogP contribution in [0, 0.1) is 0 Å². The van der Waals surface area contributed by atoms with E-state index in [2.05, 4.69) is 9.46 Å². The van der Waals surface area contributed by atoms with Crippen LogP contribution in [-0.4, -0.2) is 14.8 Å². The molecule has 0 aliphatic carbocycles. The van der Waals surface area contributed by atoms with Crippen LogP contribution in [0.15, 0.2) is 42.5 Å². The number of fused-ring (bicyclic) bond motifs is 1. The zero-order chi connectivity index (χ0) is 16.7. The molecule has 0 saturated carbocycles. The molecule has 0 bridgehead atoms. The molecule has 9 heteroatoms. The van der Waals surface area contributed by atoms with E-state index in [1.807, 2.05) is 0 Å². The molecule has 0 radical (unpaired) electrons. The quantitative estimate of drug-likeness (QED) is 0.909. The molecule has 2 aromatic carbocycles. The normalized spacial score (nSPS) is 16.3. The van der Waals surface area contributed by atoms with E-state index in [-0.39, 0.29) is 18.0 Å². The number of rotatable bonds is 2. The Morgan fingerprint density at radius 2 is 1.78 bits per heavy atom. The largest absolute Gasteiger partial charge is 0.573 e. The van der Waals surface area contributed by atoms with E-state index < -0.39 is 16.7 Å². The number of ether oxygens (including phenoxy) is 1. The van der Waals surface area contributed by atoms with Crippen molar-refractivity contribution in [2.45, 2.75) is 12.9 Å². The Morgan fingerprint density at radius 1 is 1.09 bits per heavy atom. The number of halogens is 3. The van der Waals surface area contributed by atoms with Gasteiger partial charge in [0.05, 0.1) is 0 Å². The van der Waals surface area contributed by atoms with Gasteiger partial charge >= 0.3 is 16.7 Å². The molecule has 2 aromatic rings. The Bertz CT molecular complexity index is 832. The van der Waals surface area contributed by atoms with Gasteiger partial charge in [0.2, 0.25) is 0 Å². The van der Waals surface area contributed by atoms with Gasteiger partial charge in [-0.3, -0.25) is 0 Å². The van der Waals surface area contributed by atoms with Crippen molar-refractivity contribution in [3.8, 4) is 22.6 Å². The lowest BCUT2D eigenvalue weighted by molar-refractivity contribution is -0.274. The molecule has 1 N–H and O–H groups in total. The summed E-state index contributed by atoms with van der Waals surface area (Å²) < 4.78 is 70.5. The van der Waals surface area contributed by atoms with Gasteiger partial charge in [0, 0.05) is 17.7 Å². The van der Waals surface area contributed by atoms with E-state index in [9.17, 15) is 21.6 Å². The summed E-state index contributed by atoms with van der Waals surface area (Å²) in [7, 11) is -3.88. The summed E-state index contributed by atoms with van der Waals surface area (Å²) in [6, 6.07) is 10.1. The highest BCUT2D eigenvalue weighted by atomic mass is 32.2. The first-order valence-electron chi connectivity index (χ1n) is 6.41. The number of hydrogen-bond donors (Lipinski definition) is 1. The minimum Gasteiger partial charge on any atom is -0.406 e. The highest BCUT2D eigenvalue weighted by molar-refractivity contribution is 7.85. The predicted octanol–water partition coefficient (Wildman–Crippen LogP) is 2.98. The second-order valence-electron chi connectivity index (χ2n) is 4.72. The van der Waals surface area contributed by atoms with E-state index >= 15 is 0 Å². The molecule has 23 heavy (non-hydrogen) atoms. The summed E-state index contributed by atoms with van der Waals surface area (Å²) >= 11 is 0. The first kappa shape index (κ1) is 15.6. The standard InChI is InChI=1S/C14H10F3NO4S/c15-14(16,17)21-11-6-4-9(5-7-11)12-3-1-2-10-8-18-23(19,20)22-13(10)12/h1-7,18H,8H2. The van der Waals surface area contributed by atoms with Gasteiger partial charge in [-0.2, -0.15) is 13.1 Å². The van der Waals surface area contributed by atoms with Crippen molar-refractivity contribution in [2.75, 3.05) is 0 Å². The summed E-state index contributed by atoms with van der Waals surface area (Å²) in [5.41, 5.74) is 1.60. The summed E-state index contributed by atoms with van der Waals surface area (Å²) in [4.78, 5) is 0. The van der Waals surface area contributed by atoms with E-state index in [0.717, 1.165) is 12.1 Å². The Balaban J connectivity index is 1.97. The van der Waals surface area contributed by atoms with Gasteiger partial charge in [-0.25, -0.2) is 0 Å². The monoisotopic (exact) mass is 345 g/mol. The minimum absolute atomic E-state index is 0.0841. The number of alkyl halides is 3. The Morgan fingerprint density at radius 3 is 2.43 bits per heavy atom. The maximum Gasteiger partial charge on any atom is 0.573 e. The van der Waals surface area contributed by atoms with Crippen LogP contribution in [0.1, 0.15) is 5.56 Å². The number of hydrogen-bond acceptors (Lipinski definition) is 4. The van der Waals surface area contributed by atoms with Crippen molar-refractivity contribution in [2.24, 2.45) is 0 Å². The van der Waals surface area contributed by atoms with Crippen molar-refractivity contribution in [1.82, 2.24) is 4.72 Å². The van der Waals surface area contributed by atoms with Gasteiger partial charge in [0.1, 0.15) is 5.75 Å². The van der Waals surface area contributed by atoms with Crippen LogP contribution >= 0.6 is 0 Å². The molecule has 1 aliphatic rings. The molecule has 0 atom stereocenters. The molecule has 0 spiro atoms. The fourth-order valence-electron chi connectivity index (χ4n) is 2.19. The predicted molar refractivity (Wildman–Crippen MR) is 74.9 cm³/mol. The topological polar surface area (TPSA) is 64.6 Å². The van der Waals surface area contributed by atoms with Gasteiger partial charge in [0.15, 0.2) is 5.75 Å². The van der Waals surface area contributed by atoms with Crippen LogP contribution in [0.5, 0.6) is 11.5 Å². The highest BCUT2D eigenvalue weighted by Crippen LogP contribution is 2.37. The van der Waals surface area contributed by atoms with Crippen molar-refractivity contribution in [3.63, 3.8) is 0 Å². The average Bonchev–Trinajstić information content (AvgIpc) is 2.45. The summed E-state index contributed by atoms with van der Waals surface area (Å²) in [6.45, 7) is 0.0841. The van der Waals surface area contributed by atoms with Crippen LogP contribution < -0.4 is 13.6 Å². The lowest BCUT2D eigenvalue weighted by atomic mass is 10.0. The lowest BCUT2D eigenvalue weighted by Crippen LogP contribution is -2.32. The smallest absolute Gasteiger partial charge is 0.406 e. The second-order valence-corrected chi connectivity index (χ2v) is 6.09. The number of para-hydroxylation sites is 1. The highest BCUT2D eigenvalue weighted by Gasteiger charge is 2.31. The second kappa shape index (κ2) is 5.43. The molecular formula is C14H10F3NO4S. The Hall–Kier alpha value is -2.26. The van der Waals surface area contributed by atoms with E-state index in [1.165, 1.54) is 12.1 Å². The van der Waals surface area contributed by atoms with Crippen molar-refractivity contribution in [1.29, 1.82) is 0 Å². The zero-order valence-corrected chi connectivity index (χ0v) is 12.2. The number of benzene rings is 2. The number of nitrogens with one attached hydrogen (secondary N) is 1. The average molecular weight is 345 g/mol. The first-order chi connectivity index (χ1) is 10.7. The third-order valence-corrected chi connectivity index (χ3v) is 4.01. The van der Waals surface area contributed by atoms with Crippen LogP contribution in [0.3, 0.4) is 0 Å². The van der Waals surface area contributed by atoms with E-state index in [0.29, 0.717) is 16.7 Å². The third-order valence-electron chi connectivity index (χ3n) is 3.13. The fraction of sp³-hybridized carbons (Fsp3) is 0.143. The molecular weight excluding hydrogens is 335 g/mol. The Kier molecular flexibility index (Phi) is 3.69. The maximum absolute atomic E-state index is 12.2. The van der Waals surface area contributed by atoms with Gasteiger partial charge in [-0.15, -0.1) is 13.2 Å². The summed E-state index contributed by atoms with van der Waals surface area (Å²) in [6.07, 6.45) is -4.77. The lowest BCUT2D eigenvalue weighted by Gasteiger charge is -2.20. The minimum atomic E-state index is -4.77. The maximum atomic E-state index is 12.2. The molecule has 0 aromatic heterocycles.